The maximum absolute atomic E-state index is 13.5. The Morgan fingerprint density at radius 1 is 1.16 bits per heavy atom. The molecule has 0 spiro atoms. The van der Waals surface area contributed by atoms with Crippen LogP contribution < -0.4 is 11.1 Å². The van der Waals surface area contributed by atoms with Crippen LogP contribution >= 0.6 is 22.9 Å². The van der Waals surface area contributed by atoms with Crippen LogP contribution in [0.1, 0.15) is 24.4 Å². The molecule has 0 radical (unpaired) electrons. The number of piperidine rings is 1. The fourth-order valence-electron chi connectivity index (χ4n) is 3.88. The number of thiazole rings is 1. The number of nitrogens with one attached hydrogen (secondary N) is 1. The number of hydrogen-bond donors (Lipinski definition) is 2. The minimum absolute atomic E-state index is 0.184. The van der Waals surface area contributed by atoms with Gasteiger partial charge >= 0.3 is 6.18 Å². The summed E-state index contributed by atoms with van der Waals surface area (Å²) in [4.78, 5) is 8.51. The van der Waals surface area contributed by atoms with E-state index in [0.717, 1.165) is 54.5 Å². The predicted octanol–water partition coefficient (Wildman–Crippen LogP) is 5.40. The van der Waals surface area contributed by atoms with E-state index in [9.17, 15) is 13.2 Å². The van der Waals surface area contributed by atoms with Gasteiger partial charge in [-0.3, -0.25) is 4.68 Å². The zero-order chi connectivity index (χ0) is 22.5. The van der Waals surface area contributed by atoms with Gasteiger partial charge in [0.15, 0.2) is 0 Å². The fraction of sp³-hybridized carbons (Fsp3) is 0.286. The molecule has 166 valence electrons. The van der Waals surface area contributed by atoms with Crippen molar-refractivity contribution >= 4 is 39.0 Å². The molecule has 4 aromatic rings. The summed E-state index contributed by atoms with van der Waals surface area (Å²) in [5, 5.41) is 8.37. The van der Waals surface area contributed by atoms with Gasteiger partial charge in [0.1, 0.15) is 10.8 Å². The van der Waals surface area contributed by atoms with Crippen LogP contribution in [-0.2, 0) is 6.18 Å². The number of halogens is 4. The Morgan fingerprint density at radius 3 is 2.69 bits per heavy atom. The number of anilines is 1. The van der Waals surface area contributed by atoms with Crippen molar-refractivity contribution in [3.8, 4) is 21.7 Å². The minimum atomic E-state index is -4.54. The third-order valence-corrected chi connectivity index (χ3v) is 7.12. The molecule has 32 heavy (non-hydrogen) atoms. The van der Waals surface area contributed by atoms with Crippen LogP contribution in [-0.4, -0.2) is 32.8 Å². The van der Waals surface area contributed by atoms with E-state index in [0.29, 0.717) is 16.6 Å². The molecule has 0 aliphatic carbocycles. The highest BCUT2D eigenvalue weighted by Crippen LogP contribution is 2.43. The van der Waals surface area contributed by atoms with Crippen LogP contribution in [0.15, 0.2) is 36.8 Å². The second-order valence-corrected chi connectivity index (χ2v) is 9.04. The topological polar surface area (TPSA) is 81.6 Å². The van der Waals surface area contributed by atoms with Crippen LogP contribution in [0, 0.1) is 0 Å². The molecule has 5 rings (SSSR count). The van der Waals surface area contributed by atoms with Gasteiger partial charge in [0.05, 0.1) is 38.6 Å². The summed E-state index contributed by atoms with van der Waals surface area (Å²) in [6.45, 7) is 1.90. The van der Waals surface area contributed by atoms with Crippen LogP contribution in [0.25, 0.3) is 31.9 Å². The molecular formula is C21H18ClF3N6S. The average molecular weight is 479 g/mol. The molecule has 11 heteroatoms. The van der Waals surface area contributed by atoms with Gasteiger partial charge in [-0.1, -0.05) is 11.6 Å². The molecule has 0 saturated carbocycles. The van der Waals surface area contributed by atoms with Gasteiger partial charge in [-0.2, -0.15) is 18.3 Å². The summed E-state index contributed by atoms with van der Waals surface area (Å²) in [6, 6.07) is 4.30. The third kappa shape index (κ3) is 3.82. The fourth-order valence-corrected chi connectivity index (χ4v) is 5.17. The molecule has 0 atom stereocenters. The Bertz CT molecular complexity index is 1290. The molecule has 6 nitrogen and oxygen atoms in total. The van der Waals surface area contributed by atoms with Gasteiger partial charge in [-0.05, 0) is 44.1 Å². The molecule has 0 amide bonds. The number of pyridine rings is 1. The minimum Gasteiger partial charge on any atom is -0.383 e. The van der Waals surface area contributed by atoms with E-state index in [1.807, 2.05) is 10.9 Å². The lowest BCUT2D eigenvalue weighted by molar-refractivity contribution is -0.136. The molecule has 0 bridgehead atoms. The van der Waals surface area contributed by atoms with Gasteiger partial charge in [0.25, 0.3) is 0 Å². The van der Waals surface area contributed by atoms with Crippen molar-refractivity contribution < 1.29 is 13.2 Å². The number of aromatic nitrogens is 4. The van der Waals surface area contributed by atoms with Gasteiger partial charge < -0.3 is 11.1 Å². The maximum Gasteiger partial charge on any atom is 0.418 e. The van der Waals surface area contributed by atoms with Gasteiger partial charge in [-0.15, -0.1) is 11.3 Å². The molecule has 4 heterocycles. The molecule has 1 saturated heterocycles. The van der Waals surface area contributed by atoms with Crippen LogP contribution in [0.2, 0.25) is 5.02 Å². The number of nitrogen functional groups attached to an aromatic ring is 1. The van der Waals surface area contributed by atoms with Crippen molar-refractivity contribution in [1.29, 1.82) is 0 Å². The van der Waals surface area contributed by atoms with Gasteiger partial charge in [0.2, 0.25) is 0 Å². The molecule has 3 aromatic heterocycles. The Labute approximate surface area is 190 Å². The Balaban J connectivity index is 1.56. The van der Waals surface area contributed by atoms with E-state index in [2.05, 4.69) is 20.4 Å². The highest BCUT2D eigenvalue weighted by molar-refractivity contribution is 7.22. The lowest BCUT2D eigenvalue weighted by atomic mass is 10.1. The monoisotopic (exact) mass is 478 g/mol. The normalized spacial score (nSPS) is 15.5. The lowest BCUT2D eigenvalue weighted by Gasteiger charge is -2.22. The van der Waals surface area contributed by atoms with E-state index in [1.54, 1.807) is 18.5 Å². The van der Waals surface area contributed by atoms with Crippen LogP contribution in [0.3, 0.4) is 0 Å². The Kier molecular flexibility index (Phi) is 5.31. The summed E-state index contributed by atoms with van der Waals surface area (Å²) < 4.78 is 42.6. The Morgan fingerprint density at radius 2 is 1.94 bits per heavy atom. The zero-order valence-corrected chi connectivity index (χ0v) is 18.2. The second-order valence-electron chi connectivity index (χ2n) is 7.64. The quantitative estimate of drug-likeness (QED) is 0.412. The summed E-state index contributed by atoms with van der Waals surface area (Å²) in [5.74, 6) is 0.184. The second kappa shape index (κ2) is 8.02. The standard InChI is InChI=1S/C21H18ClF3N6S/c22-16-2-1-15(21(23,24)25)17-18(16)32-20(30-17)14-7-11(8-28-19(14)26)12-9-29-31(10-12)13-3-5-27-6-4-13/h1-2,7-10,13,27H,3-6H2,(H2,26,28). The molecule has 3 N–H and O–H groups in total. The number of hydrogen-bond acceptors (Lipinski definition) is 6. The first kappa shape index (κ1) is 21.2. The van der Waals surface area contributed by atoms with Crippen LogP contribution in [0.5, 0.6) is 0 Å². The van der Waals surface area contributed by atoms with E-state index in [4.69, 9.17) is 17.3 Å². The van der Waals surface area contributed by atoms with E-state index in [1.165, 1.54) is 6.07 Å². The average Bonchev–Trinajstić information content (AvgIpc) is 3.42. The van der Waals surface area contributed by atoms with Crippen molar-refractivity contribution in [2.75, 3.05) is 18.8 Å². The summed E-state index contributed by atoms with van der Waals surface area (Å²) >= 11 is 7.23. The van der Waals surface area contributed by atoms with Crippen molar-refractivity contribution in [3.63, 3.8) is 0 Å². The largest absolute Gasteiger partial charge is 0.418 e. The van der Waals surface area contributed by atoms with Gasteiger partial charge in [-0.25, -0.2) is 9.97 Å². The van der Waals surface area contributed by atoms with E-state index in [-0.39, 0.29) is 21.1 Å². The SMILES string of the molecule is Nc1ncc(-c2cnn(C3CCNCC3)c2)cc1-c1nc2c(C(F)(F)F)ccc(Cl)c2s1. The number of fused-ring (bicyclic) bond motifs is 1. The summed E-state index contributed by atoms with van der Waals surface area (Å²) in [7, 11) is 0. The molecular weight excluding hydrogens is 461 g/mol. The van der Waals surface area contributed by atoms with E-state index >= 15 is 0 Å². The predicted molar refractivity (Wildman–Crippen MR) is 120 cm³/mol. The third-order valence-electron chi connectivity index (χ3n) is 5.57. The first-order valence-corrected chi connectivity index (χ1v) is 11.2. The first-order valence-electron chi connectivity index (χ1n) is 9.98. The summed E-state index contributed by atoms with van der Waals surface area (Å²) in [5.41, 5.74) is 7.14. The number of nitrogens with zero attached hydrogens (tertiary/aromatic N) is 4. The lowest BCUT2D eigenvalue weighted by Crippen LogP contribution is -2.29. The highest BCUT2D eigenvalue weighted by Gasteiger charge is 2.34. The van der Waals surface area contributed by atoms with Crippen molar-refractivity contribution in [2.24, 2.45) is 0 Å². The van der Waals surface area contributed by atoms with Crippen molar-refractivity contribution in [2.45, 2.75) is 25.1 Å². The number of rotatable bonds is 3. The maximum atomic E-state index is 13.5. The van der Waals surface area contributed by atoms with Crippen molar-refractivity contribution in [3.05, 3.63) is 47.4 Å². The molecule has 1 aromatic carbocycles. The number of nitrogens with two attached hydrogens (primary N) is 1. The number of benzene rings is 1. The van der Waals surface area contributed by atoms with Crippen LogP contribution in [0.4, 0.5) is 19.0 Å². The first-order chi connectivity index (χ1) is 15.3. The van der Waals surface area contributed by atoms with Gasteiger partial charge in [0, 0.05) is 23.5 Å². The molecule has 1 fully saturated rings. The summed E-state index contributed by atoms with van der Waals surface area (Å²) in [6.07, 6.45) is 2.81. The molecule has 1 aliphatic rings. The highest BCUT2D eigenvalue weighted by atomic mass is 35.5. The molecule has 0 unspecified atom stereocenters. The van der Waals surface area contributed by atoms with E-state index < -0.39 is 11.7 Å². The smallest absolute Gasteiger partial charge is 0.383 e. The van der Waals surface area contributed by atoms with Crippen molar-refractivity contribution in [1.82, 2.24) is 25.1 Å². The number of alkyl halides is 3. The zero-order valence-electron chi connectivity index (χ0n) is 16.7. The molecule has 1 aliphatic heterocycles. The Hall–Kier alpha value is -2.69.